The summed E-state index contributed by atoms with van der Waals surface area (Å²) in [5.41, 5.74) is 7.41. The molecule has 2 aromatic carbocycles. The van der Waals surface area contributed by atoms with Gasteiger partial charge in [0.15, 0.2) is 0 Å². The molecule has 5 nitrogen and oxygen atoms in total. The standard InChI is InChI=1S/C21H23FN2O3/c22-18-6-4-16(5-7-18)17-3-1-2-15(12-17)13-21(8-10-27-11-9-21)20(26)24-14-19(23)25/h1-7,12H,8-11,13-14H2,(H2,23,25)(H,24,26). The number of ether oxygens (including phenoxy) is 1. The Balaban J connectivity index is 1.83. The van der Waals surface area contributed by atoms with Gasteiger partial charge >= 0.3 is 0 Å². The molecule has 1 saturated heterocycles. The lowest BCUT2D eigenvalue weighted by molar-refractivity contribution is -0.137. The smallest absolute Gasteiger partial charge is 0.236 e. The second-order valence-corrected chi connectivity index (χ2v) is 6.93. The highest BCUT2D eigenvalue weighted by Crippen LogP contribution is 2.35. The Morgan fingerprint density at radius 1 is 1.07 bits per heavy atom. The number of carbonyl (C=O) groups excluding carboxylic acids is 2. The molecule has 0 radical (unpaired) electrons. The van der Waals surface area contributed by atoms with E-state index < -0.39 is 11.3 Å². The third-order valence-electron chi connectivity index (χ3n) is 5.00. The van der Waals surface area contributed by atoms with Crippen molar-refractivity contribution >= 4 is 11.8 Å². The first kappa shape index (κ1) is 19.0. The van der Waals surface area contributed by atoms with Crippen molar-refractivity contribution in [1.29, 1.82) is 0 Å². The molecule has 0 unspecified atom stereocenters. The van der Waals surface area contributed by atoms with Crippen LogP contribution >= 0.6 is 0 Å². The lowest BCUT2D eigenvalue weighted by Crippen LogP contribution is -2.48. The van der Waals surface area contributed by atoms with Crippen molar-refractivity contribution in [3.8, 4) is 11.1 Å². The Morgan fingerprint density at radius 3 is 2.44 bits per heavy atom. The van der Waals surface area contributed by atoms with Gasteiger partial charge < -0.3 is 15.8 Å². The van der Waals surface area contributed by atoms with Crippen LogP contribution in [0.15, 0.2) is 48.5 Å². The average molecular weight is 370 g/mol. The molecule has 6 heteroatoms. The second-order valence-electron chi connectivity index (χ2n) is 6.93. The van der Waals surface area contributed by atoms with Gasteiger partial charge in [-0.25, -0.2) is 4.39 Å². The Hall–Kier alpha value is -2.73. The van der Waals surface area contributed by atoms with Gasteiger partial charge in [0.05, 0.1) is 12.0 Å². The molecule has 142 valence electrons. The SMILES string of the molecule is NC(=O)CNC(=O)C1(Cc2cccc(-c3ccc(F)cc3)c2)CCOCC1. The van der Waals surface area contributed by atoms with Crippen LogP contribution in [0.5, 0.6) is 0 Å². The predicted octanol–water partition coefficient (Wildman–Crippen LogP) is 2.43. The van der Waals surface area contributed by atoms with E-state index in [4.69, 9.17) is 10.5 Å². The van der Waals surface area contributed by atoms with Gasteiger partial charge in [-0.3, -0.25) is 9.59 Å². The fourth-order valence-corrected chi connectivity index (χ4v) is 3.50. The molecule has 1 heterocycles. The molecule has 3 rings (SSSR count). The minimum Gasteiger partial charge on any atom is -0.381 e. The Kier molecular flexibility index (Phi) is 5.86. The molecule has 2 aromatic rings. The van der Waals surface area contributed by atoms with Gasteiger partial charge in [0.25, 0.3) is 0 Å². The molecule has 0 bridgehead atoms. The zero-order chi connectivity index (χ0) is 19.3. The predicted molar refractivity (Wildman–Crippen MR) is 100 cm³/mol. The van der Waals surface area contributed by atoms with Crippen molar-refractivity contribution in [3.63, 3.8) is 0 Å². The van der Waals surface area contributed by atoms with E-state index in [9.17, 15) is 14.0 Å². The van der Waals surface area contributed by atoms with Crippen LogP contribution in [0.2, 0.25) is 0 Å². The number of carbonyl (C=O) groups is 2. The highest BCUT2D eigenvalue weighted by Gasteiger charge is 2.40. The normalized spacial score (nSPS) is 15.9. The number of amides is 2. The zero-order valence-electron chi connectivity index (χ0n) is 15.0. The van der Waals surface area contributed by atoms with Crippen molar-refractivity contribution in [1.82, 2.24) is 5.32 Å². The second kappa shape index (κ2) is 8.31. The summed E-state index contributed by atoms with van der Waals surface area (Å²) in [4.78, 5) is 23.8. The van der Waals surface area contributed by atoms with E-state index >= 15 is 0 Å². The summed E-state index contributed by atoms with van der Waals surface area (Å²) < 4.78 is 18.6. The number of halogens is 1. The lowest BCUT2D eigenvalue weighted by Gasteiger charge is -2.36. The number of benzene rings is 2. The third-order valence-corrected chi connectivity index (χ3v) is 5.00. The van der Waals surface area contributed by atoms with Crippen LogP contribution in [0, 0.1) is 11.2 Å². The molecule has 1 fully saturated rings. The minimum absolute atomic E-state index is 0.170. The van der Waals surface area contributed by atoms with Crippen LogP contribution in [0.4, 0.5) is 4.39 Å². The van der Waals surface area contributed by atoms with Crippen molar-refractivity contribution in [2.24, 2.45) is 11.1 Å². The molecule has 0 atom stereocenters. The van der Waals surface area contributed by atoms with Crippen molar-refractivity contribution in [2.45, 2.75) is 19.3 Å². The largest absolute Gasteiger partial charge is 0.381 e. The number of hydrogen-bond donors (Lipinski definition) is 2. The molecule has 0 saturated carbocycles. The maximum absolute atomic E-state index is 13.2. The van der Waals surface area contributed by atoms with E-state index in [1.54, 1.807) is 12.1 Å². The first-order valence-corrected chi connectivity index (χ1v) is 8.98. The number of nitrogens with two attached hydrogens (primary N) is 1. The first-order chi connectivity index (χ1) is 13.0. The molecule has 0 spiro atoms. The van der Waals surface area contributed by atoms with Gasteiger partial charge in [-0.15, -0.1) is 0 Å². The zero-order valence-corrected chi connectivity index (χ0v) is 15.0. The van der Waals surface area contributed by atoms with E-state index in [1.165, 1.54) is 12.1 Å². The molecule has 0 aromatic heterocycles. The van der Waals surface area contributed by atoms with Crippen LogP contribution in [-0.2, 0) is 20.7 Å². The van der Waals surface area contributed by atoms with Crippen molar-refractivity contribution < 1.29 is 18.7 Å². The summed E-state index contributed by atoms with van der Waals surface area (Å²) in [5, 5.41) is 2.65. The van der Waals surface area contributed by atoms with Gasteiger partial charge in [-0.2, -0.15) is 0 Å². The van der Waals surface area contributed by atoms with E-state index in [0.717, 1.165) is 16.7 Å². The molecule has 3 N–H and O–H groups in total. The van der Waals surface area contributed by atoms with E-state index in [2.05, 4.69) is 5.32 Å². The molecular formula is C21H23FN2O3. The van der Waals surface area contributed by atoms with Gasteiger partial charge in [0.2, 0.25) is 11.8 Å². The summed E-state index contributed by atoms with van der Waals surface area (Å²) in [6.45, 7) is 0.834. The lowest BCUT2D eigenvalue weighted by atomic mass is 9.74. The Labute approximate surface area is 157 Å². The highest BCUT2D eigenvalue weighted by molar-refractivity contribution is 5.87. The van der Waals surface area contributed by atoms with Crippen LogP contribution in [0.25, 0.3) is 11.1 Å². The summed E-state index contributed by atoms with van der Waals surface area (Å²) in [7, 11) is 0. The van der Waals surface area contributed by atoms with Crippen LogP contribution in [-0.4, -0.2) is 31.6 Å². The maximum atomic E-state index is 13.2. The number of nitrogens with one attached hydrogen (secondary N) is 1. The number of primary amides is 1. The molecule has 2 amide bonds. The summed E-state index contributed by atoms with van der Waals surface area (Å²) in [6, 6.07) is 14.2. The number of rotatable bonds is 6. The van der Waals surface area contributed by atoms with Crippen molar-refractivity contribution in [3.05, 3.63) is 59.9 Å². The fourth-order valence-electron chi connectivity index (χ4n) is 3.50. The highest BCUT2D eigenvalue weighted by atomic mass is 19.1. The summed E-state index contributed by atoms with van der Waals surface area (Å²) >= 11 is 0. The van der Waals surface area contributed by atoms with E-state index in [-0.39, 0.29) is 18.3 Å². The molecule has 0 aliphatic carbocycles. The third kappa shape index (κ3) is 4.71. The van der Waals surface area contributed by atoms with Crippen LogP contribution < -0.4 is 11.1 Å². The average Bonchev–Trinajstić information content (AvgIpc) is 2.67. The van der Waals surface area contributed by atoms with Crippen LogP contribution in [0.3, 0.4) is 0 Å². The topological polar surface area (TPSA) is 81.4 Å². The maximum Gasteiger partial charge on any atom is 0.236 e. The minimum atomic E-state index is -0.630. The van der Waals surface area contributed by atoms with Gasteiger partial charge in [-0.1, -0.05) is 36.4 Å². The summed E-state index contributed by atoms with van der Waals surface area (Å²) in [6.07, 6.45) is 1.70. The quantitative estimate of drug-likeness (QED) is 0.819. The molecule has 1 aliphatic heterocycles. The van der Waals surface area contributed by atoms with Crippen LogP contribution in [0.1, 0.15) is 18.4 Å². The van der Waals surface area contributed by atoms with E-state index in [0.29, 0.717) is 32.5 Å². The summed E-state index contributed by atoms with van der Waals surface area (Å²) in [5.74, 6) is -1.01. The van der Waals surface area contributed by atoms with Crippen molar-refractivity contribution in [2.75, 3.05) is 19.8 Å². The Bertz CT molecular complexity index is 814. The molecular weight excluding hydrogens is 347 g/mol. The van der Waals surface area contributed by atoms with E-state index in [1.807, 2.05) is 24.3 Å². The molecule has 27 heavy (non-hydrogen) atoms. The fraction of sp³-hybridized carbons (Fsp3) is 0.333. The monoisotopic (exact) mass is 370 g/mol. The van der Waals surface area contributed by atoms with Gasteiger partial charge in [0.1, 0.15) is 5.82 Å². The molecule has 1 aliphatic rings. The Morgan fingerprint density at radius 2 is 1.78 bits per heavy atom. The first-order valence-electron chi connectivity index (χ1n) is 8.98. The van der Waals surface area contributed by atoms with Gasteiger partial charge in [0, 0.05) is 13.2 Å². The van der Waals surface area contributed by atoms with Gasteiger partial charge in [-0.05, 0) is 48.1 Å². The number of hydrogen-bond acceptors (Lipinski definition) is 3.